The van der Waals surface area contributed by atoms with Gasteiger partial charge in [-0.1, -0.05) is 26.7 Å². The van der Waals surface area contributed by atoms with Gasteiger partial charge in [0.15, 0.2) is 14.4 Å². The summed E-state index contributed by atoms with van der Waals surface area (Å²) >= 11 is 0. The standard InChI is InChI=1S/C15H29NO3Si/c1-10-12(19-13(17)16-14(2,3)4)11-18-20(8,9)15(5,6)7/h1,12H,11H2,2-9H3,(H,16,17)/t12-/m1/s1. The smallest absolute Gasteiger partial charge is 0.408 e. The van der Waals surface area contributed by atoms with Crippen LogP contribution in [-0.2, 0) is 9.16 Å². The molecule has 4 nitrogen and oxygen atoms in total. The molecule has 0 unspecified atom stereocenters. The summed E-state index contributed by atoms with van der Waals surface area (Å²) in [6.07, 6.45) is 4.23. The van der Waals surface area contributed by atoms with E-state index in [-0.39, 0.29) is 17.2 Å². The highest BCUT2D eigenvalue weighted by atomic mass is 28.4. The Hall–Kier alpha value is -0.993. The second kappa shape index (κ2) is 6.64. The maximum Gasteiger partial charge on any atom is 0.408 e. The maximum atomic E-state index is 11.7. The van der Waals surface area contributed by atoms with Crippen LogP contribution in [0.25, 0.3) is 0 Å². The molecule has 5 heteroatoms. The summed E-state index contributed by atoms with van der Waals surface area (Å²) < 4.78 is 11.2. The first-order valence-corrected chi connectivity index (χ1v) is 9.78. The van der Waals surface area contributed by atoms with E-state index in [1.54, 1.807) is 0 Å². The average Bonchev–Trinajstić information content (AvgIpc) is 2.19. The lowest BCUT2D eigenvalue weighted by Gasteiger charge is -2.36. The highest BCUT2D eigenvalue weighted by molar-refractivity contribution is 6.74. The van der Waals surface area contributed by atoms with E-state index in [9.17, 15) is 4.79 Å². The lowest BCUT2D eigenvalue weighted by atomic mass is 10.1. The molecule has 0 aromatic heterocycles. The third-order valence-electron chi connectivity index (χ3n) is 3.31. The minimum atomic E-state index is -1.89. The number of nitrogens with one attached hydrogen (secondary N) is 1. The predicted molar refractivity (Wildman–Crippen MR) is 85.1 cm³/mol. The van der Waals surface area contributed by atoms with E-state index in [1.165, 1.54) is 0 Å². The van der Waals surface area contributed by atoms with E-state index in [4.69, 9.17) is 15.6 Å². The van der Waals surface area contributed by atoms with Crippen LogP contribution in [0.2, 0.25) is 18.1 Å². The largest absolute Gasteiger partial charge is 0.431 e. The fourth-order valence-corrected chi connectivity index (χ4v) is 2.08. The van der Waals surface area contributed by atoms with Crippen molar-refractivity contribution in [1.82, 2.24) is 5.32 Å². The number of alkyl carbamates (subject to hydrolysis) is 1. The zero-order valence-corrected chi connectivity index (χ0v) is 15.1. The lowest BCUT2D eigenvalue weighted by Crippen LogP contribution is -2.45. The molecule has 0 fully saturated rings. The van der Waals surface area contributed by atoms with Crippen LogP contribution in [0.3, 0.4) is 0 Å². The summed E-state index contributed by atoms with van der Waals surface area (Å²) in [6, 6.07) is 0. The number of terminal acetylenes is 1. The van der Waals surface area contributed by atoms with Gasteiger partial charge >= 0.3 is 6.09 Å². The van der Waals surface area contributed by atoms with Crippen molar-refractivity contribution in [1.29, 1.82) is 0 Å². The topological polar surface area (TPSA) is 47.6 Å². The molecule has 0 aromatic rings. The fourth-order valence-electron chi connectivity index (χ4n) is 1.08. The SMILES string of the molecule is C#C[C@H](CO[Si](C)(C)C(C)(C)C)OC(=O)NC(C)(C)C. The monoisotopic (exact) mass is 299 g/mol. The molecule has 0 bridgehead atoms. The van der Waals surface area contributed by atoms with Gasteiger partial charge in [-0.15, -0.1) is 6.42 Å². The Balaban J connectivity index is 4.46. The molecule has 0 aliphatic carbocycles. The van der Waals surface area contributed by atoms with Gasteiger partial charge in [-0.3, -0.25) is 0 Å². The van der Waals surface area contributed by atoms with Gasteiger partial charge < -0.3 is 14.5 Å². The van der Waals surface area contributed by atoms with E-state index in [1.807, 2.05) is 20.8 Å². The number of ether oxygens (including phenoxy) is 1. The molecule has 0 saturated carbocycles. The Morgan fingerprint density at radius 2 is 1.75 bits per heavy atom. The van der Waals surface area contributed by atoms with E-state index in [0.717, 1.165) is 0 Å². The van der Waals surface area contributed by atoms with Gasteiger partial charge in [0, 0.05) is 5.54 Å². The molecular weight excluding hydrogens is 270 g/mol. The van der Waals surface area contributed by atoms with Crippen molar-refractivity contribution in [3.63, 3.8) is 0 Å². The summed E-state index contributed by atoms with van der Waals surface area (Å²) in [5, 5.41) is 2.81. The van der Waals surface area contributed by atoms with Crippen molar-refractivity contribution < 1.29 is 14.0 Å². The first-order chi connectivity index (χ1) is 8.78. The second-order valence-corrected chi connectivity index (χ2v) is 12.3. The van der Waals surface area contributed by atoms with Crippen molar-refractivity contribution in [2.45, 2.75) is 71.3 Å². The number of hydrogen-bond donors (Lipinski definition) is 1. The molecule has 0 heterocycles. The molecule has 0 radical (unpaired) electrons. The lowest BCUT2D eigenvalue weighted by molar-refractivity contribution is 0.0852. The van der Waals surface area contributed by atoms with Crippen molar-refractivity contribution >= 4 is 14.4 Å². The van der Waals surface area contributed by atoms with Crippen LogP contribution in [0.5, 0.6) is 0 Å². The first-order valence-electron chi connectivity index (χ1n) is 6.87. The van der Waals surface area contributed by atoms with Gasteiger partial charge in [0.1, 0.15) is 0 Å². The van der Waals surface area contributed by atoms with Gasteiger partial charge in [-0.25, -0.2) is 4.79 Å². The van der Waals surface area contributed by atoms with Crippen molar-refractivity contribution in [2.75, 3.05) is 6.61 Å². The highest BCUT2D eigenvalue weighted by Gasteiger charge is 2.37. The summed E-state index contributed by atoms with van der Waals surface area (Å²) in [6.45, 7) is 16.6. The van der Waals surface area contributed by atoms with Crippen molar-refractivity contribution in [2.24, 2.45) is 0 Å². The predicted octanol–water partition coefficient (Wildman–Crippen LogP) is 3.53. The van der Waals surface area contributed by atoms with Crippen LogP contribution in [0.1, 0.15) is 41.5 Å². The van der Waals surface area contributed by atoms with E-state index in [0.29, 0.717) is 0 Å². The van der Waals surface area contributed by atoms with Gasteiger partial charge in [-0.2, -0.15) is 0 Å². The Bertz CT molecular complexity index is 372. The molecule has 0 aliphatic heterocycles. The van der Waals surface area contributed by atoms with E-state index >= 15 is 0 Å². The van der Waals surface area contributed by atoms with Crippen molar-refractivity contribution in [3.05, 3.63) is 0 Å². The molecule has 0 aliphatic rings. The molecule has 20 heavy (non-hydrogen) atoms. The van der Waals surface area contributed by atoms with Crippen LogP contribution in [-0.4, -0.2) is 32.7 Å². The molecule has 0 saturated heterocycles. The van der Waals surface area contributed by atoms with Crippen LogP contribution in [0, 0.1) is 12.3 Å². The van der Waals surface area contributed by atoms with E-state index < -0.39 is 20.5 Å². The molecule has 1 atom stereocenters. The van der Waals surface area contributed by atoms with Gasteiger partial charge in [0.2, 0.25) is 0 Å². The van der Waals surface area contributed by atoms with Crippen LogP contribution >= 0.6 is 0 Å². The summed E-state index contributed by atoms with van der Waals surface area (Å²) in [7, 11) is -1.89. The van der Waals surface area contributed by atoms with Crippen LogP contribution in [0.4, 0.5) is 4.79 Å². The Labute approximate surface area is 124 Å². The molecule has 116 valence electrons. The average molecular weight is 299 g/mol. The molecular formula is C15H29NO3Si. The molecule has 1 amide bonds. The van der Waals surface area contributed by atoms with Crippen LogP contribution < -0.4 is 5.32 Å². The third kappa shape index (κ3) is 6.97. The van der Waals surface area contributed by atoms with Crippen molar-refractivity contribution in [3.8, 4) is 12.3 Å². The zero-order chi connectivity index (χ0) is 16.2. The second-order valence-electron chi connectivity index (χ2n) is 7.51. The summed E-state index contributed by atoms with van der Waals surface area (Å²) in [4.78, 5) is 11.7. The number of hydrogen-bond acceptors (Lipinski definition) is 3. The highest BCUT2D eigenvalue weighted by Crippen LogP contribution is 2.36. The molecule has 0 aromatic carbocycles. The van der Waals surface area contributed by atoms with Gasteiger partial charge in [0.25, 0.3) is 0 Å². The molecule has 1 N–H and O–H groups in total. The zero-order valence-electron chi connectivity index (χ0n) is 14.1. The number of carbonyl (C=O) groups is 1. The Morgan fingerprint density at radius 3 is 2.10 bits per heavy atom. The third-order valence-corrected chi connectivity index (χ3v) is 7.81. The number of carbonyl (C=O) groups excluding carboxylic acids is 1. The van der Waals surface area contributed by atoms with Gasteiger partial charge in [-0.05, 0) is 38.9 Å². The van der Waals surface area contributed by atoms with E-state index in [2.05, 4.69) is 45.1 Å². The normalized spacial score (nSPS) is 14.3. The maximum absolute atomic E-state index is 11.7. The Kier molecular flexibility index (Phi) is 6.31. The quantitative estimate of drug-likeness (QED) is 0.638. The minimum Gasteiger partial charge on any atom is -0.431 e. The van der Waals surface area contributed by atoms with Gasteiger partial charge in [0.05, 0.1) is 6.61 Å². The number of rotatable bonds is 4. The Morgan fingerprint density at radius 1 is 1.25 bits per heavy atom. The fraction of sp³-hybridized carbons (Fsp3) is 0.800. The summed E-state index contributed by atoms with van der Waals surface area (Å²) in [5.74, 6) is 2.46. The molecule has 0 rings (SSSR count). The van der Waals surface area contributed by atoms with Crippen LogP contribution in [0.15, 0.2) is 0 Å². The summed E-state index contributed by atoms with van der Waals surface area (Å²) in [5.41, 5.74) is -0.351. The molecule has 0 spiro atoms. The minimum absolute atomic E-state index is 0.0970. The first kappa shape index (κ1) is 19.0. The number of amides is 1.